The third-order valence-electron chi connectivity index (χ3n) is 5.92. The van der Waals surface area contributed by atoms with Crippen LogP contribution in [0.5, 0.6) is 0 Å². The van der Waals surface area contributed by atoms with Crippen molar-refractivity contribution in [3.05, 3.63) is 70.7 Å². The molecule has 0 bridgehead atoms. The standard InChI is InChI=1S/C26H33ClN2O2S/c1-2-24(26(31)28-23-14-7-4-8-15-23)29(17-20-10-5-3-6-11-20)25(30)19-32-18-21-12-9-13-22(27)16-21/h3,5-6,9-13,16,23-24H,2,4,7-8,14-15,17-19H2,1H3,(H,28,31). The molecule has 1 aliphatic carbocycles. The van der Waals surface area contributed by atoms with E-state index in [1.54, 1.807) is 16.7 Å². The topological polar surface area (TPSA) is 49.4 Å². The van der Waals surface area contributed by atoms with Crippen LogP contribution in [-0.4, -0.2) is 34.6 Å². The zero-order valence-electron chi connectivity index (χ0n) is 18.8. The molecule has 172 valence electrons. The highest BCUT2D eigenvalue weighted by Crippen LogP contribution is 2.21. The second kappa shape index (κ2) is 12.9. The van der Waals surface area contributed by atoms with E-state index < -0.39 is 6.04 Å². The summed E-state index contributed by atoms with van der Waals surface area (Å²) in [5.41, 5.74) is 2.12. The largest absolute Gasteiger partial charge is 0.352 e. The van der Waals surface area contributed by atoms with Crippen molar-refractivity contribution in [2.24, 2.45) is 0 Å². The molecule has 2 aromatic rings. The van der Waals surface area contributed by atoms with Crippen LogP contribution in [0.2, 0.25) is 5.02 Å². The van der Waals surface area contributed by atoms with Crippen LogP contribution in [0.1, 0.15) is 56.6 Å². The van der Waals surface area contributed by atoms with E-state index in [2.05, 4.69) is 5.32 Å². The Kier molecular flexibility index (Phi) is 9.94. The van der Waals surface area contributed by atoms with Crippen LogP contribution < -0.4 is 5.32 Å². The molecule has 1 saturated carbocycles. The van der Waals surface area contributed by atoms with E-state index in [9.17, 15) is 9.59 Å². The number of carbonyl (C=O) groups excluding carboxylic acids is 2. The molecule has 1 fully saturated rings. The van der Waals surface area contributed by atoms with E-state index in [1.165, 1.54) is 6.42 Å². The summed E-state index contributed by atoms with van der Waals surface area (Å²) in [4.78, 5) is 28.2. The third-order valence-corrected chi connectivity index (χ3v) is 7.14. The minimum Gasteiger partial charge on any atom is -0.352 e. The molecule has 0 aliphatic heterocycles. The second-order valence-electron chi connectivity index (χ2n) is 8.40. The van der Waals surface area contributed by atoms with E-state index in [0.29, 0.717) is 29.5 Å². The van der Waals surface area contributed by atoms with Gasteiger partial charge in [-0.1, -0.05) is 80.3 Å². The number of thioether (sulfide) groups is 1. The number of benzene rings is 2. The number of carbonyl (C=O) groups is 2. The van der Waals surface area contributed by atoms with Crippen LogP contribution in [0.25, 0.3) is 0 Å². The summed E-state index contributed by atoms with van der Waals surface area (Å²) in [6.07, 6.45) is 6.22. The molecule has 0 aromatic heterocycles. The summed E-state index contributed by atoms with van der Waals surface area (Å²) in [6, 6.07) is 17.4. The molecule has 1 N–H and O–H groups in total. The zero-order valence-corrected chi connectivity index (χ0v) is 20.3. The molecule has 2 amide bonds. The summed E-state index contributed by atoms with van der Waals surface area (Å²) in [6.45, 7) is 2.42. The van der Waals surface area contributed by atoms with E-state index in [4.69, 9.17) is 11.6 Å². The lowest BCUT2D eigenvalue weighted by atomic mass is 9.95. The van der Waals surface area contributed by atoms with Crippen molar-refractivity contribution in [3.63, 3.8) is 0 Å². The lowest BCUT2D eigenvalue weighted by molar-refractivity contribution is -0.139. The number of rotatable bonds is 10. The second-order valence-corrected chi connectivity index (χ2v) is 9.82. The van der Waals surface area contributed by atoms with Gasteiger partial charge in [-0.2, -0.15) is 0 Å². The molecule has 4 nitrogen and oxygen atoms in total. The first kappa shape index (κ1) is 24.7. The first-order valence-corrected chi connectivity index (χ1v) is 13.1. The zero-order chi connectivity index (χ0) is 22.8. The molecule has 32 heavy (non-hydrogen) atoms. The third kappa shape index (κ3) is 7.56. The fraction of sp³-hybridized carbons (Fsp3) is 0.462. The fourth-order valence-corrected chi connectivity index (χ4v) is 5.28. The Bertz CT molecular complexity index is 871. The molecular weight excluding hydrogens is 440 g/mol. The van der Waals surface area contributed by atoms with Gasteiger partial charge in [-0.15, -0.1) is 11.8 Å². The predicted octanol–water partition coefficient (Wildman–Crippen LogP) is 5.83. The Morgan fingerprint density at radius 2 is 1.78 bits per heavy atom. The minimum atomic E-state index is -0.462. The molecule has 0 spiro atoms. The molecule has 0 saturated heterocycles. The van der Waals surface area contributed by atoms with E-state index in [-0.39, 0.29) is 17.9 Å². The Labute approximate surface area is 201 Å². The predicted molar refractivity (Wildman–Crippen MR) is 134 cm³/mol. The van der Waals surface area contributed by atoms with Gasteiger partial charge in [0.1, 0.15) is 6.04 Å². The SMILES string of the molecule is CCC(C(=O)NC1CCCCC1)N(Cc1ccccc1)C(=O)CSCc1cccc(Cl)c1. The van der Waals surface area contributed by atoms with Crippen LogP contribution >= 0.6 is 23.4 Å². The highest BCUT2D eigenvalue weighted by Gasteiger charge is 2.30. The van der Waals surface area contributed by atoms with E-state index >= 15 is 0 Å². The molecule has 2 aromatic carbocycles. The molecule has 3 rings (SSSR count). The van der Waals surface area contributed by atoms with Crippen molar-refractivity contribution in [3.8, 4) is 0 Å². The van der Waals surface area contributed by atoms with Crippen molar-refractivity contribution in [1.82, 2.24) is 10.2 Å². The van der Waals surface area contributed by atoms with Gasteiger partial charge in [0.05, 0.1) is 5.75 Å². The van der Waals surface area contributed by atoms with Gasteiger partial charge in [-0.25, -0.2) is 0 Å². The first-order chi connectivity index (χ1) is 15.6. The van der Waals surface area contributed by atoms with Gasteiger partial charge in [0.15, 0.2) is 0 Å². The summed E-state index contributed by atoms with van der Waals surface area (Å²) < 4.78 is 0. The van der Waals surface area contributed by atoms with Crippen molar-refractivity contribution in [2.75, 3.05) is 5.75 Å². The molecule has 0 heterocycles. The first-order valence-electron chi connectivity index (χ1n) is 11.5. The van der Waals surface area contributed by atoms with Gasteiger partial charge in [-0.3, -0.25) is 9.59 Å². The van der Waals surface area contributed by atoms with Crippen LogP contribution in [0.3, 0.4) is 0 Å². The van der Waals surface area contributed by atoms with Crippen molar-refractivity contribution in [2.45, 2.75) is 69.8 Å². The van der Waals surface area contributed by atoms with Crippen LogP contribution in [-0.2, 0) is 21.9 Å². The van der Waals surface area contributed by atoms with Gasteiger partial charge in [-0.05, 0) is 42.5 Å². The summed E-state index contributed by atoms with van der Waals surface area (Å²) >= 11 is 7.63. The van der Waals surface area contributed by atoms with Crippen molar-refractivity contribution < 1.29 is 9.59 Å². The average molecular weight is 473 g/mol. The molecule has 6 heteroatoms. The van der Waals surface area contributed by atoms with Gasteiger partial charge >= 0.3 is 0 Å². The summed E-state index contributed by atoms with van der Waals surface area (Å²) in [7, 11) is 0. The fourth-order valence-electron chi connectivity index (χ4n) is 4.21. The Hall–Kier alpha value is -1.98. The summed E-state index contributed by atoms with van der Waals surface area (Å²) in [5, 5.41) is 3.92. The molecule has 0 radical (unpaired) electrons. The van der Waals surface area contributed by atoms with Gasteiger partial charge in [0.25, 0.3) is 0 Å². The van der Waals surface area contributed by atoms with Crippen LogP contribution in [0.15, 0.2) is 54.6 Å². The number of nitrogens with zero attached hydrogens (tertiary/aromatic N) is 1. The van der Waals surface area contributed by atoms with Gasteiger partial charge < -0.3 is 10.2 Å². The normalized spacial score (nSPS) is 15.2. The summed E-state index contributed by atoms with van der Waals surface area (Å²) in [5.74, 6) is 0.998. The van der Waals surface area contributed by atoms with Crippen molar-refractivity contribution in [1.29, 1.82) is 0 Å². The van der Waals surface area contributed by atoms with Gasteiger partial charge in [0.2, 0.25) is 11.8 Å². The van der Waals surface area contributed by atoms with Crippen molar-refractivity contribution >= 4 is 35.2 Å². The number of nitrogens with one attached hydrogen (secondary N) is 1. The maximum absolute atomic E-state index is 13.3. The smallest absolute Gasteiger partial charge is 0.243 e. The highest BCUT2D eigenvalue weighted by atomic mass is 35.5. The average Bonchev–Trinajstić information content (AvgIpc) is 2.80. The number of halogens is 1. The number of amides is 2. The lowest BCUT2D eigenvalue weighted by Gasteiger charge is -2.32. The maximum Gasteiger partial charge on any atom is 0.243 e. The molecular formula is C26H33ClN2O2S. The van der Waals surface area contributed by atoms with Crippen LogP contribution in [0, 0.1) is 0 Å². The van der Waals surface area contributed by atoms with Gasteiger partial charge in [0, 0.05) is 23.4 Å². The van der Waals surface area contributed by atoms with E-state index in [0.717, 1.165) is 36.8 Å². The Morgan fingerprint density at radius 1 is 1.06 bits per heavy atom. The molecule has 1 aliphatic rings. The Balaban J connectivity index is 1.67. The van der Waals surface area contributed by atoms with Crippen LogP contribution in [0.4, 0.5) is 0 Å². The number of hydrogen-bond donors (Lipinski definition) is 1. The quantitative estimate of drug-likeness (QED) is 0.473. The Morgan fingerprint density at radius 3 is 2.47 bits per heavy atom. The number of hydrogen-bond acceptors (Lipinski definition) is 3. The monoisotopic (exact) mass is 472 g/mol. The molecule has 1 atom stereocenters. The highest BCUT2D eigenvalue weighted by molar-refractivity contribution is 7.99. The minimum absolute atomic E-state index is 0.00785. The molecule has 1 unspecified atom stereocenters. The lowest BCUT2D eigenvalue weighted by Crippen LogP contribution is -2.52. The van der Waals surface area contributed by atoms with E-state index in [1.807, 2.05) is 61.5 Å². The maximum atomic E-state index is 13.3.